The summed E-state index contributed by atoms with van der Waals surface area (Å²) in [5.41, 5.74) is 1.48. The number of ether oxygens (including phenoxy) is 5. The van der Waals surface area contributed by atoms with Crippen LogP contribution in [0.4, 0.5) is 0 Å². The molecule has 0 unspecified atom stereocenters. The van der Waals surface area contributed by atoms with Crippen molar-refractivity contribution in [1.82, 2.24) is 0 Å². The zero-order chi connectivity index (χ0) is 23.6. The summed E-state index contributed by atoms with van der Waals surface area (Å²) in [6.45, 7) is 0.444. The molecule has 0 N–H and O–H groups in total. The average molecular weight is 448 g/mol. The Morgan fingerprint density at radius 3 is 1.79 bits per heavy atom. The summed E-state index contributed by atoms with van der Waals surface area (Å²) >= 11 is 0. The fourth-order valence-corrected chi connectivity index (χ4v) is 2.96. The van der Waals surface area contributed by atoms with Crippen LogP contribution in [-0.2, 0) is 22.7 Å². The van der Waals surface area contributed by atoms with Crippen LogP contribution in [0.5, 0.6) is 28.7 Å². The zero-order valence-electron chi connectivity index (χ0n) is 18.1. The lowest BCUT2D eigenvalue weighted by atomic mass is 10.1. The lowest BCUT2D eigenvalue weighted by Crippen LogP contribution is -2.11. The van der Waals surface area contributed by atoms with Gasteiger partial charge in [0.15, 0.2) is 11.5 Å². The van der Waals surface area contributed by atoms with Gasteiger partial charge in [-0.1, -0.05) is 24.3 Å². The van der Waals surface area contributed by atoms with Crippen molar-refractivity contribution < 1.29 is 37.9 Å². The monoisotopic (exact) mass is 448 g/mol. The van der Waals surface area contributed by atoms with Gasteiger partial charge in [0.1, 0.15) is 36.0 Å². The van der Waals surface area contributed by atoms with Crippen molar-refractivity contribution in [3.63, 3.8) is 0 Å². The highest BCUT2D eigenvalue weighted by Crippen LogP contribution is 2.39. The Hall–Kier alpha value is -4.14. The fraction of sp³-hybridized carbons (Fsp3) is 0.167. The molecule has 0 spiro atoms. The molecule has 0 fully saturated rings. The van der Waals surface area contributed by atoms with Crippen molar-refractivity contribution in [3.8, 4) is 28.7 Å². The van der Waals surface area contributed by atoms with Gasteiger partial charge in [-0.15, -0.1) is 0 Å². The molecule has 2 radical (unpaired) electrons. The molecule has 0 aromatic heterocycles. The molecule has 9 heteroatoms. The molecule has 3 rings (SSSR count). The molecule has 0 heterocycles. The largest absolute Gasteiger partial charge is 0.540 e. The molecule has 3 aromatic carbocycles. The first kappa shape index (κ1) is 23.5. The normalized spacial score (nSPS) is 10.1. The van der Waals surface area contributed by atoms with Crippen LogP contribution in [-0.4, -0.2) is 34.7 Å². The maximum Gasteiger partial charge on any atom is 0.378 e. The maximum absolute atomic E-state index is 12.4. The Kier molecular flexibility index (Phi) is 8.18. The highest BCUT2D eigenvalue weighted by molar-refractivity contribution is 6.11. The van der Waals surface area contributed by atoms with E-state index in [4.69, 9.17) is 31.7 Å². The molecular formula is C24H21BO8. The van der Waals surface area contributed by atoms with Crippen LogP contribution in [0.3, 0.4) is 0 Å². The predicted molar refractivity (Wildman–Crippen MR) is 119 cm³/mol. The minimum absolute atomic E-state index is 0.0223. The zero-order valence-corrected chi connectivity index (χ0v) is 18.1. The Balaban J connectivity index is 1.91. The van der Waals surface area contributed by atoms with Crippen molar-refractivity contribution >= 4 is 20.5 Å². The van der Waals surface area contributed by atoms with Crippen LogP contribution in [0.15, 0.2) is 60.7 Å². The van der Waals surface area contributed by atoms with E-state index in [1.165, 1.54) is 12.1 Å². The number of benzene rings is 3. The lowest BCUT2D eigenvalue weighted by molar-refractivity contribution is -0.120. The van der Waals surface area contributed by atoms with E-state index in [2.05, 4.69) is 4.65 Å². The molecule has 0 bridgehead atoms. The highest BCUT2D eigenvalue weighted by Gasteiger charge is 2.24. The first-order valence-corrected chi connectivity index (χ1v) is 9.79. The Morgan fingerprint density at radius 2 is 1.30 bits per heavy atom. The molecule has 3 aromatic rings. The molecule has 0 amide bonds. The van der Waals surface area contributed by atoms with Crippen LogP contribution in [0.25, 0.3) is 0 Å². The van der Waals surface area contributed by atoms with Crippen molar-refractivity contribution in [3.05, 3.63) is 77.4 Å². The van der Waals surface area contributed by atoms with E-state index in [1.54, 1.807) is 38.5 Å². The fourth-order valence-electron chi connectivity index (χ4n) is 2.96. The summed E-state index contributed by atoms with van der Waals surface area (Å²) in [7, 11) is 8.26. The van der Waals surface area contributed by atoms with Crippen molar-refractivity contribution in [1.29, 1.82) is 0 Å². The SMILES string of the molecule is [B]OC(=O)c1c(OC=O)ccc(OCc2ccc(OC)cc2)c1OCc1ccc(OC)cc1. The van der Waals surface area contributed by atoms with Crippen LogP contribution < -0.4 is 23.7 Å². The summed E-state index contributed by atoms with van der Waals surface area (Å²) in [6, 6.07) is 17.4. The standard InChI is InChI=1S/C24H21BO8/c1-28-18-7-3-16(4-8-18)13-30-21-12-11-20(32-15-26)22(24(27)33-25)23(21)31-14-17-5-9-19(29-2)10-6-17/h3-12,15H,13-14H2,1-2H3. The second-order valence-electron chi connectivity index (χ2n) is 6.66. The van der Waals surface area contributed by atoms with Gasteiger partial charge in [-0.25, -0.2) is 4.79 Å². The summed E-state index contributed by atoms with van der Waals surface area (Å²) in [4.78, 5) is 23.3. The number of hydrogen-bond acceptors (Lipinski definition) is 8. The predicted octanol–water partition coefficient (Wildman–Crippen LogP) is 3.64. The maximum atomic E-state index is 12.4. The van der Waals surface area contributed by atoms with Gasteiger partial charge < -0.3 is 28.3 Å². The molecule has 0 atom stereocenters. The number of methoxy groups -OCH3 is 2. The van der Waals surface area contributed by atoms with E-state index >= 15 is 0 Å². The first-order valence-electron chi connectivity index (χ1n) is 9.79. The van der Waals surface area contributed by atoms with Crippen molar-refractivity contribution in [2.75, 3.05) is 14.2 Å². The smallest absolute Gasteiger partial charge is 0.378 e. The van der Waals surface area contributed by atoms with Crippen molar-refractivity contribution in [2.24, 2.45) is 0 Å². The van der Waals surface area contributed by atoms with Gasteiger partial charge in [0.25, 0.3) is 6.47 Å². The number of carbonyl (C=O) groups is 2. The van der Waals surface area contributed by atoms with Gasteiger partial charge >= 0.3 is 14.0 Å². The molecule has 0 saturated heterocycles. The summed E-state index contributed by atoms with van der Waals surface area (Å²) in [5.74, 6) is 0.627. The molecule has 8 nitrogen and oxygen atoms in total. The van der Waals surface area contributed by atoms with Crippen LogP contribution >= 0.6 is 0 Å². The van der Waals surface area contributed by atoms with Gasteiger partial charge in [0.2, 0.25) is 0 Å². The van der Waals surface area contributed by atoms with E-state index in [-0.39, 0.29) is 42.5 Å². The summed E-state index contributed by atoms with van der Waals surface area (Å²) < 4.78 is 31.5. The van der Waals surface area contributed by atoms with Gasteiger partial charge in [-0.05, 0) is 47.5 Å². The quantitative estimate of drug-likeness (QED) is 0.325. The van der Waals surface area contributed by atoms with Crippen LogP contribution in [0.2, 0.25) is 0 Å². The van der Waals surface area contributed by atoms with E-state index in [0.29, 0.717) is 11.5 Å². The van der Waals surface area contributed by atoms with E-state index in [0.717, 1.165) is 11.1 Å². The van der Waals surface area contributed by atoms with E-state index < -0.39 is 5.97 Å². The number of hydrogen-bond donors (Lipinski definition) is 0. The number of carbonyl (C=O) groups excluding carboxylic acids is 2. The molecule has 33 heavy (non-hydrogen) atoms. The molecule has 168 valence electrons. The van der Waals surface area contributed by atoms with Crippen LogP contribution in [0, 0.1) is 0 Å². The Bertz CT molecular complexity index is 1080. The second kappa shape index (κ2) is 11.5. The third-order valence-electron chi connectivity index (χ3n) is 4.67. The topological polar surface area (TPSA) is 89.5 Å². The average Bonchev–Trinajstić information content (AvgIpc) is 2.87. The summed E-state index contributed by atoms with van der Waals surface area (Å²) in [5, 5.41) is 0. The second-order valence-corrected chi connectivity index (χ2v) is 6.66. The number of rotatable bonds is 11. The highest BCUT2D eigenvalue weighted by atomic mass is 16.5. The van der Waals surface area contributed by atoms with Crippen LogP contribution in [0.1, 0.15) is 21.5 Å². The van der Waals surface area contributed by atoms with Crippen molar-refractivity contribution in [2.45, 2.75) is 13.2 Å². The van der Waals surface area contributed by atoms with Gasteiger partial charge in [-0.3, -0.25) is 4.79 Å². The molecule has 0 aliphatic carbocycles. The first-order chi connectivity index (χ1) is 16.1. The third-order valence-corrected chi connectivity index (χ3v) is 4.67. The molecule has 0 aliphatic heterocycles. The minimum atomic E-state index is -0.952. The molecular weight excluding hydrogens is 427 g/mol. The summed E-state index contributed by atoms with van der Waals surface area (Å²) in [6.07, 6.45) is 0. The van der Waals surface area contributed by atoms with Gasteiger partial charge in [0.05, 0.1) is 14.2 Å². The third kappa shape index (κ3) is 5.97. The van der Waals surface area contributed by atoms with Gasteiger partial charge in [0, 0.05) is 0 Å². The van der Waals surface area contributed by atoms with E-state index in [1.807, 2.05) is 24.3 Å². The Labute approximate surface area is 192 Å². The van der Waals surface area contributed by atoms with E-state index in [9.17, 15) is 9.59 Å². The lowest BCUT2D eigenvalue weighted by Gasteiger charge is -2.18. The molecule has 0 saturated carbocycles. The van der Waals surface area contributed by atoms with Gasteiger partial charge in [-0.2, -0.15) is 0 Å². The minimum Gasteiger partial charge on any atom is -0.540 e. The molecule has 0 aliphatic rings. The Morgan fingerprint density at radius 1 is 0.788 bits per heavy atom.